The minimum atomic E-state index is -2.29. The van der Waals surface area contributed by atoms with Gasteiger partial charge in [0.25, 0.3) is 0 Å². The molecule has 0 radical (unpaired) electrons. The fourth-order valence-electron chi connectivity index (χ4n) is 2.63. The van der Waals surface area contributed by atoms with Gasteiger partial charge in [0.05, 0.1) is 0 Å². The zero-order valence-corrected chi connectivity index (χ0v) is 13.5. The molecule has 1 heteroatoms. The second kappa shape index (κ2) is 5.69. The Kier molecular flexibility index (Phi) is 3.76. The molecule has 0 nitrogen and oxygen atoms in total. The molecular weight excluding hydrogens is 303 g/mol. The van der Waals surface area contributed by atoms with Gasteiger partial charge in [-0.15, -0.1) is 0 Å². The van der Waals surface area contributed by atoms with Gasteiger partial charge < -0.3 is 0 Å². The number of hydrogen-bond donors (Lipinski definition) is 0. The van der Waals surface area contributed by atoms with E-state index in [1.807, 2.05) is 0 Å². The molecule has 0 heterocycles. The molecule has 0 aliphatic rings. The van der Waals surface area contributed by atoms with Crippen LogP contribution in [0.3, 0.4) is 0 Å². The van der Waals surface area contributed by atoms with E-state index in [-0.39, 0.29) is 0 Å². The topological polar surface area (TPSA) is 0 Å². The van der Waals surface area contributed by atoms with Crippen LogP contribution in [0.15, 0.2) is 91.0 Å². The van der Waals surface area contributed by atoms with Crippen molar-refractivity contribution in [2.45, 2.75) is 5.71 Å². The Hall–Kier alpha value is -1.78. The van der Waals surface area contributed by atoms with Gasteiger partial charge in [-0.2, -0.15) is 0 Å². The first kappa shape index (κ1) is 13.2. The Morgan fingerprint density at radius 2 is 0.700 bits per heavy atom. The average Bonchev–Trinajstić information content (AvgIpc) is 2.56. The van der Waals surface area contributed by atoms with E-state index in [0.29, 0.717) is 0 Å². The predicted molar refractivity (Wildman–Crippen MR) is 89.8 cm³/mol. The third-order valence-electron chi connectivity index (χ3n) is 3.82. The summed E-state index contributed by atoms with van der Waals surface area (Å²) in [5.74, 6) is 0. The number of hydrogen-bond acceptors (Lipinski definition) is 0. The maximum atomic E-state index is 2.47. The molecule has 0 unspecified atom stereocenters. The van der Waals surface area contributed by atoms with E-state index in [4.69, 9.17) is 0 Å². The first-order chi connectivity index (χ1) is 9.82. The van der Waals surface area contributed by atoms with Gasteiger partial charge in [-0.1, -0.05) is 0 Å². The van der Waals surface area contributed by atoms with Crippen molar-refractivity contribution in [3.05, 3.63) is 91.0 Å². The number of benzene rings is 3. The van der Waals surface area contributed by atoms with E-state index in [9.17, 15) is 0 Å². The summed E-state index contributed by atoms with van der Waals surface area (Å²) in [5, 5.41) is 0. The van der Waals surface area contributed by atoms with Crippen LogP contribution >= 0.6 is 0 Å². The fourth-order valence-corrected chi connectivity index (χ4v) is 9.34. The van der Waals surface area contributed by atoms with Crippen LogP contribution in [0.4, 0.5) is 0 Å². The zero-order chi connectivity index (χ0) is 13.8. The van der Waals surface area contributed by atoms with Gasteiger partial charge in [-0.25, -0.2) is 0 Å². The predicted octanol–water partition coefficient (Wildman–Crippen LogP) is 2.79. The molecule has 0 aromatic heterocycles. The average molecular weight is 321 g/mol. The van der Waals surface area contributed by atoms with Crippen molar-refractivity contribution in [1.29, 1.82) is 0 Å². The summed E-state index contributed by atoms with van der Waals surface area (Å²) < 4.78 is 4.47. The molecule has 3 rings (SSSR count). The van der Waals surface area contributed by atoms with Crippen LogP contribution in [0.25, 0.3) is 0 Å². The molecule has 0 amide bonds. The van der Waals surface area contributed by atoms with Crippen molar-refractivity contribution in [3.63, 3.8) is 0 Å². The van der Waals surface area contributed by atoms with Crippen molar-refractivity contribution in [2.24, 2.45) is 0 Å². The first-order valence-electron chi connectivity index (χ1n) is 6.85. The summed E-state index contributed by atoms with van der Waals surface area (Å²) in [7, 11) is 0. The van der Waals surface area contributed by atoms with E-state index in [0.717, 1.165) is 0 Å². The molecule has 0 fully saturated rings. The molecule has 3 aromatic rings. The van der Waals surface area contributed by atoms with Gasteiger partial charge in [-0.05, 0) is 0 Å². The molecule has 0 aliphatic heterocycles. The van der Waals surface area contributed by atoms with Crippen molar-refractivity contribution >= 4 is 26.6 Å². The third kappa shape index (κ3) is 2.32. The molecule has 0 bridgehead atoms. The molecule has 0 saturated heterocycles. The van der Waals surface area contributed by atoms with Gasteiger partial charge in [-0.3, -0.25) is 0 Å². The van der Waals surface area contributed by atoms with Crippen LogP contribution in [0.5, 0.6) is 0 Å². The second-order valence-electron chi connectivity index (χ2n) is 5.01. The minimum absolute atomic E-state index is 1.49. The van der Waals surface area contributed by atoms with Crippen LogP contribution in [0.1, 0.15) is 0 Å². The Balaban J connectivity index is 2.24. The summed E-state index contributed by atoms with van der Waals surface area (Å²) in [6.45, 7) is 0. The first-order valence-corrected chi connectivity index (χ1v) is 11.5. The van der Waals surface area contributed by atoms with Crippen molar-refractivity contribution in [3.8, 4) is 0 Å². The molecule has 3 aromatic carbocycles. The molecule has 0 atom stereocenters. The molecule has 0 N–H and O–H groups in total. The Morgan fingerprint density at radius 3 is 0.950 bits per heavy atom. The zero-order valence-electron chi connectivity index (χ0n) is 11.6. The van der Waals surface area contributed by atoms with Crippen LogP contribution in [0.2, 0.25) is 5.71 Å². The molecule has 0 spiro atoms. The van der Waals surface area contributed by atoms with E-state index in [2.05, 4.69) is 96.7 Å². The Morgan fingerprint density at radius 1 is 0.450 bits per heavy atom. The van der Waals surface area contributed by atoms with E-state index < -0.39 is 13.6 Å². The van der Waals surface area contributed by atoms with Crippen LogP contribution in [-0.2, 0) is 0 Å². The van der Waals surface area contributed by atoms with Crippen LogP contribution in [0, 0.1) is 0 Å². The summed E-state index contributed by atoms with van der Waals surface area (Å²) in [6.07, 6.45) is 0. The van der Waals surface area contributed by atoms with Crippen LogP contribution in [-0.4, -0.2) is 13.6 Å². The third-order valence-corrected chi connectivity index (χ3v) is 12.2. The Labute approximate surface area is 123 Å². The molecular formula is C19H18As+. The molecule has 0 saturated carbocycles. The fraction of sp³-hybridized carbons (Fsp3) is 0.0526. The van der Waals surface area contributed by atoms with Gasteiger partial charge in [0, 0.05) is 0 Å². The molecule has 98 valence electrons. The van der Waals surface area contributed by atoms with Crippen LogP contribution < -0.4 is 13.1 Å². The van der Waals surface area contributed by atoms with E-state index in [1.54, 1.807) is 0 Å². The van der Waals surface area contributed by atoms with Gasteiger partial charge in [0.15, 0.2) is 0 Å². The van der Waals surface area contributed by atoms with Gasteiger partial charge in [0.2, 0.25) is 0 Å². The van der Waals surface area contributed by atoms with Crippen molar-refractivity contribution in [1.82, 2.24) is 0 Å². The van der Waals surface area contributed by atoms with Gasteiger partial charge >= 0.3 is 123 Å². The summed E-state index contributed by atoms with van der Waals surface area (Å²) in [4.78, 5) is 0. The second-order valence-corrected chi connectivity index (χ2v) is 12.5. The van der Waals surface area contributed by atoms with E-state index >= 15 is 0 Å². The summed E-state index contributed by atoms with van der Waals surface area (Å²) in [5.41, 5.74) is 2.47. The summed E-state index contributed by atoms with van der Waals surface area (Å²) in [6, 6.07) is 32.9. The van der Waals surface area contributed by atoms with Crippen molar-refractivity contribution < 1.29 is 0 Å². The molecule has 20 heavy (non-hydrogen) atoms. The number of rotatable bonds is 3. The summed E-state index contributed by atoms with van der Waals surface area (Å²) >= 11 is -2.29. The Bertz CT molecular complexity index is 563. The molecule has 0 aliphatic carbocycles. The van der Waals surface area contributed by atoms with Gasteiger partial charge in [0.1, 0.15) is 0 Å². The van der Waals surface area contributed by atoms with Crippen molar-refractivity contribution in [2.75, 3.05) is 0 Å². The SMILES string of the molecule is C[As+](c1ccccc1)(c1ccccc1)c1ccccc1. The standard InChI is InChI=1S/C19H18As/c1-20(17-11-5-2-6-12-17,18-13-7-3-8-14-18)19-15-9-4-10-16-19/h2-16H,1H3/q+1. The maximum absolute atomic E-state index is 2.47. The quantitative estimate of drug-likeness (QED) is 0.651. The monoisotopic (exact) mass is 321 g/mol. The normalized spacial score (nSPS) is 11.2. The van der Waals surface area contributed by atoms with E-state index in [1.165, 1.54) is 13.1 Å².